The molecule has 0 spiro atoms. The standard InChI is InChI=1S/C9H7ClFNO/c10-4-5-13-9-3-1-2-8(11)7(9)6-12/h1-3H,4-5H2. The molecular weight excluding hydrogens is 193 g/mol. The Balaban J connectivity index is 2.93. The Morgan fingerprint density at radius 2 is 2.31 bits per heavy atom. The zero-order valence-corrected chi connectivity index (χ0v) is 7.51. The molecule has 68 valence electrons. The molecular formula is C9H7ClFNO. The fraction of sp³-hybridized carbons (Fsp3) is 0.222. The van der Waals surface area contributed by atoms with E-state index in [1.807, 2.05) is 0 Å². The monoisotopic (exact) mass is 199 g/mol. The smallest absolute Gasteiger partial charge is 0.144 e. The van der Waals surface area contributed by atoms with Crippen molar-refractivity contribution in [1.82, 2.24) is 0 Å². The molecule has 0 saturated carbocycles. The molecule has 0 atom stereocenters. The highest BCUT2D eigenvalue weighted by Gasteiger charge is 2.07. The zero-order chi connectivity index (χ0) is 9.68. The zero-order valence-electron chi connectivity index (χ0n) is 6.76. The molecule has 1 aromatic rings. The van der Waals surface area contributed by atoms with E-state index in [9.17, 15) is 4.39 Å². The third kappa shape index (κ3) is 2.33. The summed E-state index contributed by atoms with van der Waals surface area (Å²) in [4.78, 5) is 0. The SMILES string of the molecule is N#Cc1c(F)cccc1OCCCl. The minimum atomic E-state index is -0.574. The first-order valence-corrected chi connectivity index (χ1v) is 4.20. The summed E-state index contributed by atoms with van der Waals surface area (Å²) < 4.78 is 18.0. The van der Waals surface area contributed by atoms with Crippen LogP contribution in [0.5, 0.6) is 5.75 Å². The van der Waals surface area contributed by atoms with E-state index in [0.29, 0.717) is 5.88 Å². The van der Waals surface area contributed by atoms with Gasteiger partial charge in [-0.05, 0) is 12.1 Å². The molecule has 1 rings (SSSR count). The second-order valence-corrected chi connectivity index (χ2v) is 2.64. The minimum absolute atomic E-state index is 0.0763. The van der Waals surface area contributed by atoms with Gasteiger partial charge in [0.15, 0.2) is 0 Å². The molecule has 0 heterocycles. The first-order chi connectivity index (χ1) is 6.29. The Morgan fingerprint density at radius 3 is 2.92 bits per heavy atom. The van der Waals surface area contributed by atoms with Crippen LogP contribution in [0.15, 0.2) is 18.2 Å². The summed E-state index contributed by atoms with van der Waals surface area (Å²) in [5.41, 5.74) is -0.0763. The first kappa shape index (κ1) is 9.82. The first-order valence-electron chi connectivity index (χ1n) is 3.67. The fourth-order valence-corrected chi connectivity index (χ4v) is 0.959. The Hall–Kier alpha value is -1.27. The number of alkyl halides is 1. The molecule has 0 aliphatic rings. The summed E-state index contributed by atoms with van der Waals surface area (Å²) in [6, 6.07) is 5.97. The van der Waals surface area contributed by atoms with Gasteiger partial charge in [0, 0.05) is 0 Å². The molecule has 0 saturated heterocycles. The van der Waals surface area contributed by atoms with Crippen LogP contribution in [0.4, 0.5) is 4.39 Å². The van der Waals surface area contributed by atoms with Gasteiger partial charge in [-0.1, -0.05) is 6.07 Å². The van der Waals surface area contributed by atoms with E-state index >= 15 is 0 Å². The number of nitriles is 1. The van der Waals surface area contributed by atoms with E-state index in [2.05, 4.69) is 0 Å². The van der Waals surface area contributed by atoms with Gasteiger partial charge in [-0.15, -0.1) is 11.6 Å². The van der Waals surface area contributed by atoms with Gasteiger partial charge >= 0.3 is 0 Å². The highest BCUT2D eigenvalue weighted by Crippen LogP contribution is 2.19. The molecule has 4 heteroatoms. The normalized spacial score (nSPS) is 9.31. The number of ether oxygens (including phenoxy) is 1. The van der Waals surface area contributed by atoms with Crippen molar-refractivity contribution in [3.05, 3.63) is 29.6 Å². The topological polar surface area (TPSA) is 33.0 Å². The largest absolute Gasteiger partial charge is 0.491 e. The molecule has 0 radical (unpaired) electrons. The Kier molecular flexibility index (Phi) is 3.53. The van der Waals surface area contributed by atoms with Crippen LogP contribution in [0.3, 0.4) is 0 Å². The highest BCUT2D eigenvalue weighted by molar-refractivity contribution is 6.18. The molecule has 0 bridgehead atoms. The van der Waals surface area contributed by atoms with Crippen molar-refractivity contribution < 1.29 is 9.13 Å². The molecule has 13 heavy (non-hydrogen) atoms. The Bertz CT molecular complexity index is 335. The number of rotatable bonds is 3. The molecule has 0 unspecified atom stereocenters. The van der Waals surface area contributed by atoms with Gasteiger partial charge in [-0.25, -0.2) is 4.39 Å². The third-order valence-electron chi connectivity index (χ3n) is 1.42. The van der Waals surface area contributed by atoms with Crippen LogP contribution in [-0.4, -0.2) is 12.5 Å². The van der Waals surface area contributed by atoms with Crippen molar-refractivity contribution in [2.75, 3.05) is 12.5 Å². The number of nitrogens with zero attached hydrogens (tertiary/aromatic N) is 1. The van der Waals surface area contributed by atoms with Crippen LogP contribution in [0.25, 0.3) is 0 Å². The molecule has 0 amide bonds. The number of hydrogen-bond acceptors (Lipinski definition) is 2. The quantitative estimate of drug-likeness (QED) is 0.700. The van der Waals surface area contributed by atoms with Crippen LogP contribution in [0.1, 0.15) is 5.56 Å². The minimum Gasteiger partial charge on any atom is -0.491 e. The van der Waals surface area contributed by atoms with Crippen LogP contribution in [0, 0.1) is 17.1 Å². The van der Waals surface area contributed by atoms with Crippen molar-refractivity contribution in [1.29, 1.82) is 5.26 Å². The average molecular weight is 200 g/mol. The van der Waals surface area contributed by atoms with Gasteiger partial charge < -0.3 is 4.74 Å². The maximum Gasteiger partial charge on any atom is 0.144 e. The maximum atomic E-state index is 12.9. The van der Waals surface area contributed by atoms with Gasteiger partial charge in [-0.3, -0.25) is 0 Å². The summed E-state index contributed by atoms with van der Waals surface area (Å²) in [6.45, 7) is 0.264. The van der Waals surface area contributed by atoms with Crippen LogP contribution < -0.4 is 4.74 Å². The number of halogens is 2. The fourth-order valence-electron chi connectivity index (χ4n) is 0.882. The number of hydrogen-bond donors (Lipinski definition) is 0. The van der Waals surface area contributed by atoms with Crippen molar-refractivity contribution in [2.24, 2.45) is 0 Å². The Labute approximate surface area is 80.5 Å². The van der Waals surface area contributed by atoms with Gasteiger partial charge in [0.2, 0.25) is 0 Å². The van der Waals surface area contributed by atoms with E-state index in [-0.39, 0.29) is 17.9 Å². The summed E-state index contributed by atoms with van der Waals surface area (Å²) in [6.07, 6.45) is 0. The molecule has 0 fully saturated rings. The second-order valence-electron chi connectivity index (χ2n) is 2.26. The molecule has 0 aliphatic heterocycles. The lowest BCUT2D eigenvalue weighted by Gasteiger charge is -2.05. The summed E-state index contributed by atoms with van der Waals surface area (Å²) in [5.74, 6) is -0.0285. The average Bonchev–Trinajstić information content (AvgIpc) is 2.15. The van der Waals surface area contributed by atoms with E-state index < -0.39 is 5.82 Å². The summed E-state index contributed by atoms with van der Waals surface area (Å²) in [7, 11) is 0. The van der Waals surface area contributed by atoms with Crippen LogP contribution >= 0.6 is 11.6 Å². The lowest BCUT2D eigenvalue weighted by Crippen LogP contribution is -2.00. The summed E-state index contributed by atoms with van der Waals surface area (Å²) >= 11 is 5.39. The molecule has 0 aliphatic carbocycles. The van der Waals surface area contributed by atoms with Gasteiger partial charge in [0.1, 0.15) is 29.8 Å². The molecule has 2 nitrogen and oxygen atoms in total. The van der Waals surface area contributed by atoms with E-state index in [1.54, 1.807) is 6.07 Å². The molecule has 1 aromatic carbocycles. The Morgan fingerprint density at radius 1 is 1.54 bits per heavy atom. The predicted octanol–water partition coefficient (Wildman–Crippen LogP) is 2.31. The lowest BCUT2D eigenvalue weighted by atomic mass is 10.2. The molecule has 0 aromatic heterocycles. The van der Waals surface area contributed by atoms with E-state index in [0.717, 1.165) is 0 Å². The van der Waals surface area contributed by atoms with E-state index in [4.69, 9.17) is 21.6 Å². The van der Waals surface area contributed by atoms with Gasteiger partial charge in [-0.2, -0.15) is 5.26 Å². The van der Waals surface area contributed by atoms with Crippen LogP contribution in [0.2, 0.25) is 0 Å². The lowest BCUT2D eigenvalue weighted by molar-refractivity contribution is 0.339. The van der Waals surface area contributed by atoms with Crippen LogP contribution in [-0.2, 0) is 0 Å². The van der Waals surface area contributed by atoms with Gasteiger partial charge in [0.25, 0.3) is 0 Å². The second kappa shape index (κ2) is 4.68. The van der Waals surface area contributed by atoms with Crippen molar-refractivity contribution in [3.63, 3.8) is 0 Å². The van der Waals surface area contributed by atoms with Crippen molar-refractivity contribution >= 4 is 11.6 Å². The highest BCUT2D eigenvalue weighted by atomic mass is 35.5. The molecule has 0 N–H and O–H groups in total. The van der Waals surface area contributed by atoms with Gasteiger partial charge in [0.05, 0.1) is 5.88 Å². The number of benzene rings is 1. The third-order valence-corrected chi connectivity index (χ3v) is 1.58. The van der Waals surface area contributed by atoms with E-state index in [1.165, 1.54) is 18.2 Å². The van der Waals surface area contributed by atoms with Crippen molar-refractivity contribution in [3.8, 4) is 11.8 Å². The predicted molar refractivity (Wildman–Crippen MR) is 47.3 cm³/mol. The van der Waals surface area contributed by atoms with Crippen molar-refractivity contribution in [2.45, 2.75) is 0 Å². The maximum absolute atomic E-state index is 12.9. The summed E-state index contributed by atoms with van der Waals surface area (Å²) in [5, 5.41) is 8.60.